The summed E-state index contributed by atoms with van der Waals surface area (Å²) >= 11 is 0. The van der Waals surface area contributed by atoms with Gasteiger partial charge in [0.15, 0.2) is 0 Å². The number of nitrogens with one attached hydrogen (secondary N) is 1. The smallest absolute Gasteiger partial charge is 0.0161 e. The Hall–Kier alpha value is -0.820. The molecule has 0 aromatic heterocycles. The fraction of sp³-hybridized carbons (Fsp3) is 0.700. The van der Waals surface area contributed by atoms with E-state index in [0.29, 0.717) is 11.5 Å². The number of hydrogen-bond acceptors (Lipinski definition) is 1. The second-order valence-electron chi connectivity index (χ2n) is 7.34. The first-order chi connectivity index (χ1) is 10.0. The summed E-state index contributed by atoms with van der Waals surface area (Å²) in [4.78, 5) is 0. The third kappa shape index (κ3) is 4.32. The minimum atomic E-state index is 0.478. The van der Waals surface area contributed by atoms with Gasteiger partial charge in [-0.05, 0) is 68.2 Å². The summed E-state index contributed by atoms with van der Waals surface area (Å²) in [6.45, 7) is 10.4. The van der Waals surface area contributed by atoms with E-state index in [1.165, 1.54) is 61.6 Å². The van der Waals surface area contributed by atoms with Gasteiger partial charge >= 0.3 is 0 Å². The Morgan fingerprint density at radius 2 is 1.81 bits per heavy atom. The Bertz CT molecular complexity index is 443. The van der Waals surface area contributed by atoms with Crippen molar-refractivity contribution >= 4 is 0 Å². The minimum Gasteiger partial charge on any atom is -0.313 e. The first-order valence-corrected chi connectivity index (χ1v) is 8.84. The van der Waals surface area contributed by atoms with Gasteiger partial charge in [-0.15, -0.1) is 0 Å². The molecule has 0 radical (unpaired) electrons. The molecule has 0 aliphatic heterocycles. The molecule has 0 amide bonds. The maximum atomic E-state index is 3.86. The Morgan fingerprint density at radius 3 is 2.43 bits per heavy atom. The van der Waals surface area contributed by atoms with Crippen LogP contribution in [-0.4, -0.2) is 12.6 Å². The van der Waals surface area contributed by atoms with Crippen molar-refractivity contribution in [2.24, 2.45) is 5.41 Å². The predicted molar refractivity (Wildman–Crippen MR) is 92.9 cm³/mol. The van der Waals surface area contributed by atoms with E-state index in [1.54, 1.807) is 0 Å². The molecule has 1 unspecified atom stereocenters. The Labute approximate surface area is 131 Å². The van der Waals surface area contributed by atoms with Crippen LogP contribution in [0.3, 0.4) is 0 Å². The molecular formula is C20H33N. The van der Waals surface area contributed by atoms with Crippen LogP contribution in [-0.2, 0) is 6.42 Å². The molecule has 0 saturated heterocycles. The van der Waals surface area contributed by atoms with E-state index in [-0.39, 0.29) is 0 Å². The Balaban J connectivity index is 2.13. The molecule has 0 spiro atoms. The third-order valence-electron chi connectivity index (χ3n) is 5.49. The highest BCUT2D eigenvalue weighted by atomic mass is 14.9. The molecule has 1 nitrogen and oxygen atoms in total. The highest BCUT2D eigenvalue weighted by Gasteiger charge is 2.34. The molecule has 1 N–H and O–H groups in total. The average Bonchev–Trinajstić information content (AvgIpc) is 2.47. The third-order valence-corrected chi connectivity index (χ3v) is 5.49. The Morgan fingerprint density at radius 1 is 1.10 bits per heavy atom. The predicted octanol–water partition coefficient (Wildman–Crippen LogP) is 5.18. The van der Waals surface area contributed by atoms with Crippen LogP contribution in [0.25, 0.3) is 0 Å². The molecule has 21 heavy (non-hydrogen) atoms. The van der Waals surface area contributed by atoms with Gasteiger partial charge < -0.3 is 5.32 Å². The van der Waals surface area contributed by atoms with Crippen molar-refractivity contribution in [2.45, 2.75) is 78.7 Å². The summed E-state index contributed by atoms with van der Waals surface area (Å²) < 4.78 is 0. The van der Waals surface area contributed by atoms with Crippen molar-refractivity contribution in [3.8, 4) is 0 Å². The van der Waals surface area contributed by atoms with Gasteiger partial charge in [0, 0.05) is 6.04 Å². The molecule has 1 aromatic carbocycles. The normalized spacial score (nSPS) is 19.4. The van der Waals surface area contributed by atoms with Gasteiger partial charge in [0.1, 0.15) is 0 Å². The molecule has 1 aliphatic rings. The molecular weight excluding hydrogens is 254 g/mol. The first kappa shape index (κ1) is 16.5. The summed E-state index contributed by atoms with van der Waals surface area (Å²) in [5.41, 5.74) is 4.81. The van der Waals surface area contributed by atoms with Gasteiger partial charge in [-0.3, -0.25) is 0 Å². The van der Waals surface area contributed by atoms with E-state index in [9.17, 15) is 0 Å². The van der Waals surface area contributed by atoms with Crippen molar-refractivity contribution in [2.75, 3.05) is 6.54 Å². The molecule has 118 valence electrons. The van der Waals surface area contributed by atoms with Gasteiger partial charge in [-0.25, -0.2) is 0 Å². The standard InChI is InChI=1S/C20H33N/c1-5-13-21-19(20(4)11-7-6-8-12-20)15-18-10-9-16(2)17(3)14-18/h9-10,14,19,21H,5-8,11-13,15H2,1-4H3. The molecule has 1 aliphatic carbocycles. The Kier molecular flexibility index (Phi) is 5.87. The summed E-state index contributed by atoms with van der Waals surface area (Å²) in [6, 6.07) is 7.63. The zero-order valence-corrected chi connectivity index (χ0v) is 14.5. The summed E-state index contributed by atoms with van der Waals surface area (Å²) in [5.74, 6) is 0. The number of rotatable bonds is 6. The largest absolute Gasteiger partial charge is 0.313 e. The second kappa shape index (κ2) is 7.45. The van der Waals surface area contributed by atoms with E-state index >= 15 is 0 Å². The van der Waals surface area contributed by atoms with Crippen LogP contribution in [0, 0.1) is 19.3 Å². The SMILES string of the molecule is CCCNC(Cc1ccc(C)c(C)c1)C1(C)CCCCC1. The van der Waals surface area contributed by atoms with Crippen molar-refractivity contribution in [1.82, 2.24) is 5.32 Å². The lowest BCUT2D eigenvalue weighted by Gasteiger charge is -2.41. The lowest BCUT2D eigenvalue weighted by Crippen LogP contribution is -2.46. The molecule has 1 atom stereocenters. The van der Waals surface area contributed by atoms with Crippen LogP contribution in [0.2, 0.25) is 0 Å². The van der Waals surface area contributed by atoms with Gasteiger partial charge in [-0.2, -0.15) is 0 Å². The highest BCUT2D eigenvalue weighted by molar-refractivity contribution is 5.30. The van der Waals surface area contributed by atoms with Gasteiger partial charge in [-0.1, -0.05) is 51.3 Å². The molecule has 1 saturated carbocycles. The van der Waals surface area contributed by atoms with E-state index in [4.69, 9.17) is 0 Å². The van der Waals surface area contributed by atoms with Crippen LogP contribution >= 0.6 is 0 Å². The number of aryl methyl sites for hydroxylation is 2. The fourth-order valence-corrected chi connectivity index (χ4v) is 3.76. The zero-order chi connectivity index (χ0) is 15.3. The van der Waals surface area contributed by atoms with Gasteiger partial charge in [0.2, 0.25) is 0 Å². The summed E-state index contributed by atoms with van der Waals surface area (Å²) in [5, 5.41) is 3.86. The van der Waals surface area contributed by atoms with Gasteiger partial charge in [0.25, 0.3) is 0 Å². The van der Waals surface area contributed by atoms with Crippen LogP contribution in [0.15, 0.2) is 18.2 Å². The van der Waals surface area contributed by atoms with Crippen LogP contribution < -0.4 is 5.32 Å². The second-order valence-corrected chi connectivity index (χ2v) is 7.34. The number of hydrogen-bond donors (Lipinski definition) is 1. The minimum absolute atomic E-state index is 0.478. The first-order valence-electron chi connectivity index (χ1n) is 8.84. The van der Waals surface area contributed by atoms with Gasteiger partial charge in [0.05, 0.1) is 0 Å². The molecule has 0 heterocycles. The van der Waals surface area contributed by atoms with Crippen molar-refractivity contribution in [1.29, 1.82) is 0 Å². The van der Waals surface area contributed by atoms with Crippen LogP contribution in [0.1, 0.15) is 69.1 Å². The summed E-state index contributed by atoms with van der Waals surface area (Å²) in [6.07, 6.45) is 9.43. The quantitative estimate of drug-likeness (QED) is 0.759. The fourth-order valence-electron chi connectivity index (χ4n) is 3.76. The maximum absolute atomic E-state index is 3.86. The highest BCUT2D eigenvalue weighted by Crippen LogP contribution is 2.40. The van der Waals surface area contributed by atoms with Crippen molar-refractivity contribution in [3.63, 3.8) is 0 Å². The monoisotopic (exact) mass is 287 g/mol. The van der Waals surface area contributed by atoms with Crippen LogP contribution in [0.4, 0.5) is 0 Å². The maximum Gasteiger partial charge on any atom is 0.0161 e. The van der Waals surface area contributed by atoms with E-state index < -0.39 is 0 Å². The van der Waals surface area contributed by atoms with E-state index in [2.05, 4.69) is 51.2 Å². The molecule has 2 rings (SSSR count). The topological polar surface area (TPSA) is 12.0 Å². The van der Waals surface area contributed by atoms with Crippen molar-refractivity contribution < 1.29 is 0 Å². The number of benzene rings is 1. The van der Waals surface area contributed by atoms with Crippen LogP contribution in [0.5, 0.6) is 0 Å². The average molecular weight is 287 g/mol. The molecule has 0 bridgehead atoms. The lowest BCUT2D eigenvalue weighted by molar-refractivity contribution is 0.143. The van der Waals surface area contributed by atoms with E-state index in [0.717, 1.165) is 6.54 Å². The van der Waals surface area contributed by atoms with Crippen molar-refractivity contribution in [3.05, 3.63) is 34.9 Å². The lowest BCUT2D eigenvalue weighted by atomic mass is 9.69. The molecule has 1 heteroatoms. The zero-order valence-electron chi connectivity index (χ0n) is 14.5. The summed E-state index contributed by atoms with van der Waals surface area (Å²) in [7, 11) is 0. The molecule has 1 aromatic rings. The van der Waals surface area contributed by atoms with E-state index in [1.807, 2.05) is 0 Å². The molecule has 1 fully saturated rings.